The molecule has 0 unspecified atom stereocenters. The summed E-state index contributed by atoms with van der Waals surface area (Å²) in [5.41, 5.74) is 2.14. The third-order valence-corrected chi connectivity index (χ3v) is 3.07. The van der Waals surface area contributed by atoms with Crippen LogP contribution in [0.5, 0.6) is 0 Å². The zero-order valence-corrected chi connectivity index (χ0v) is 9.91. The lowest BCUT2D eigenvalue weighted by Gasteiger charge is -2.29. The summed E-state index contributed by atoms with van der Waals surface area (Å²) in [6.45, 7) is 3.45. The third kappa shape index (κ3) is 2.67. The molecule has 1 heterocycles. The molecule has 1 aliphatic heterocycles. The maximum absolute atomic E-state index is 8.86. The van der Waals surface area contributed by atoms with Crippen molar-refractivity contribution in [2.75, 3.05) is 37.8 Å². The first-order valence-corrected chi connectivity index (χ1v) is 5.91. The van der Waals surface area contributed by atoms with E-state index in [1.807, 2.05) is 18.2 Å². The molecule has 0 bridgehead atoms. The second-order valence-corrected chi connectivity index (χ2v) is 4.27. The molecule has 1 saturated heterocycles. The van der Waals surface area contributed by atoms with Gasteiger partial charge in [-0.1, -0.05) is 17.7 Å². The third-order valence-electron chi connectivity index (χ3n) is 2.76. The minimum atomic E-state index is 0.160. The molecule has 88 valence electrons. The molecule has 0 aliphatic carbocycles. The van der Waals surface area contributed by atoms with Crippen LogP contribution >= 0.6 is 11.6 Å². The first kappa shape index (κ1) is 11.7. The molecule has 2 rings (SSSR count). The summed E-state index contributed by atoms with van der Waals surface area (Å²) in [4.78, 5) is 2.23. The number of ether oxygens (including phenoxy) is 1. The van der Waals surface area contributed by atoms with Crippen LogP contribution < -0.4 is 4.90 Å². The summed E-state index contributed by atoms with van der Waals surface area (Å²) in [5.74, 6) is 0. The molecule has 1 aliphatic rings. The predicted molar refractivity (Wildman–Crippen MR) is 65.3 cm³/mol. The molecule has 1 fully saturated rings. The average molecular weight is 242 g/mol. The van der Waals surface area contributed by atoms with Gasteiger partial charge in [0.15, 0.2) is 0 Å². The molecule has 0 radical (unpaired) electrons. The number of rotatable bonds is 3. The molecule has 0 amide bonds. The van der Waals surface area contributed by atoms with E-state index in [9.17, 15) is 0 Å². The van der Waals surface area contributed by atoms with Crippen LogP contribution in [0.15, 0.2) is 18.2 Å². The smallest absolute Gasteiger partial charge is 0.0642 e. The second kappa shape index (κ2) is 5.53. The predicted octanol–water partition coefficient (Wildman–Crippen LogP) is 1.71. The van der Waals surface area contributed by atoms with Gasteiger partial charge in [0.1, 0.15) is 0 Å². The Hall–Kier alpha value is -0.770. The fraction of sp³-hybridized carbons (Fsp3) is 0.500. The molecule has 16 heavy (non-hydrogen) atoms. The van der Waals surface area contributed by atoms with Gasteiger partial charge in [0.05, 0.1) is 23.9 Å². The first-order valence-electron chi connectivity index (χ1n) is 5.53. The van der Waals surface area contributed by atoms with Crippen molar-refractivity contribution in [1.82, 2.24) is 0 Å². The topological polar surface area (TPSA) is 32.7 Å². The highest BCUT2D eigenvalue weighted by molar-refractivity contribution is 6.33. The van der Waals surface area contributed by atoms with Crippen LogP contribution in [0.3, 0.4) is 0 Å². The molecule has 1 N–H and O–H groups in total. The summed E-state index contributed by atoms with van der Waals surface area (Å²) in [6, 6.07) is 5.98. The van der Waals surface area contributed by atoms with Crippen LogP contribution in [-0.4, -0.2) is 38.0 Å². The lowest BCUT2D eigenvalue weighted by Crippen LogP contribution is -2.36. The first-order chi connectivity index (χ1) is 7.81. The Balaban J connectivity index is 2.14. The molecule has 0 spiro atoms. The van der Waals surface area contributed by atoms with Gasteiger partial charge in [-0.2, -0.15) is 0 Å². The fourth-order valence-electron chi connectivity index (χ4n) is 1.90. The Labute approximate surface area is 101 Å². The van der Waals surface area contributed by atoms with Crippen LogP contribution in [0.4, 0.5) is 5.69 Å². The number of aliphatic hydroxyl groups excluding tert-OH is 1. The molecule has 0 atom stereocenters. The molecule has 1 aromatic carbocycles. The van der Waals surface area contributed by atoms with Crippen molar-refractivity contribution in [3.63, 3.8) is 0 Å². The van der Waals surface area contributed by atoms with E-state index in [1.165, 1.54) is 0 Å². The van der Waals surface area contributed by atoms with E-state index in [-0.39, 0.29) is 6.61 Å². The Kier molecular flexibility index (Phi) is 4.04. The van der Waals surface area contributed by atoms with E-state index >= 15 is 0 Å². The van der Waals surface area contributed by atoms with Crippen molar-refractivity contribution >= 4 is 17.3 Å². The van der Waals surface area contributed by atoms with Crippen LogP contribution in [0.25, 0.3) is 0 Å². The molecule has 1 aromatic rings. The Morgan fingerprint density at radius 1 is 1.31 bits per heavy atom. The largest absolute Gasteiger partial charge is 0.396 e. The zero-order valence-electron chi connectivity index (χ0n) is 9.16. The van der Waals surface area contributed by atoms with Crippen molar-refractivity contribution in [2.24, 2.45) is 0 Å². The quantitative estimate of drug-likeness (QED) is 0.875. The lowest BCUT2D eigenvalue weighted by molar-refractivity contribution is 0.122. The maximum Gasteiger partial charge on any atom is 0.0642 e. The fourth-order valence-corrected chi connectivity index (χ4v) is 2.22. The van der Waals surface area contributed by atoms with Crippen LogP contribution in [-0.2, 0) is 11.2 Å². The van der Waals surface area contributed by atoms with E-state index < -0.39 is 0 Å². The SMILES string of the molecule is OCCc1ccc(N2CCOCC2)c(Cl)c1. The van der Waals surface area contributed by atoms with Gasteiger partial charge in [0, 0.05) is 19.7 Å². The minimum absolute atomic E-state index is 0.160. The molecular formula is C12H16ClNO2. The van der Waals surface area contributed by atoms with Crippen molar-refractivity contribution < 1.29 is 9.84 Å². The van der Waals surface area contributed by atoms with E-state index in [0.29, 0.717) is 6.42 Å². The number of halogens is 1. The summed E-state index contributed by atoms with van der Waals surface area (Å²) in [6.07, 6.45) is 0.656. The highest BCUT2D eigenvalue weighted by atomic mass is 35.5. The number of hydrogen-bond donors (Lipinski definition) is 1. The van der Waals surface area contributed by atoms with Crippen molar-refractivity contribution in [3.05, 3.63) is 28.8 Å². The zero-order chi connectivity index (χ0) is 11.4. The van der Waals surface area contributed by atoms with Gasteiger partial charge in [0.2, 0.25) is 0 Å². The highest BCUT2D eigenvalue weighted by Crippen LogP contribution is 2.27. The molecule has 0 aromatic heterocycles. The summed E-state index contributed by atoms with van der Waals surface area (Å²) < 4.78 is 5.31. The number of hydrogen-bond acceptors (Lipinski definition) is 3. The van der Waals surface area contributed by atoms with E-state index in [2.05, 4.69) is 4.90 Å². The Bertz CT molecular complexity index is 351. The molecule has 3 nitrogen and oxygen atoms in total. The van der Waals surface area contributed by atoms with E-state index in [1.54, 1.807) is 0 Å². The summed E-state index contributed by atoms with van der Waals surface area (Å²) in [5, 5.41) is 9.62. The van der Waals surface area contributed by atoms with Crippen molar-refractivity contribution in [1.29, 1.82) is 0 Å². The van der Waals surface area contributed by atoms with Gasteiger partial charge >= 0.3 is 0 Å². The summed E-state index contributed by atoms with van der Waals surface area (Å²) >= 11 is 6.23. The molecule has 0 saturated carbocycles. The Morgan fingerprint density at radius 2 is 2.06 bits per heavy atom. The average Bonchev–Trinajstić information content (AvgIpc) is 2.31. The molecule has 4 heteroatoms. The number of morpholine rings is 1. The minimum Gasteiger partial charge on any atom is -0.396 e. The number of nitrogens with zero attached hydrogens (tertiary/aromatic N) is 1. The van der Waals surface area contributed by atoms with Crippen LogP contribution in [0.2, 0.25) is 5.02 Å². The van der Waals surface area contributed by atoms with Gasteiger partial charge in [-0.05, 0) is 24.1 Å². The monoisotopic (exact) mass is 241 g/mol. The highest BCUT2D eigenvalue weighted by Gasteiger charge is 2.13. The summed E-state index contributed by atoms with van der Waals surface area (Å²) in [7, 11) is 0. The number of aliphatic hydroxyl groups is 1. The van der Waals surface area contributed by atoms with Crippen molar-refractivity contribution in [2.45, 2.75) is 6.42 Å². The van der Waals surface area contributed by atoms with E-state index in [4.69, 9.17) is 21.4 Å². The number of anilines is 1. The van der Waals surface area contributed by atoms with Crippen LogP contribution in [0, 0.1) is 0 Å². The normalized spacial score (nSPS) is 16.5. The number of benzene rings is 1. The van der Waals surface area contributed by atoms with E-state index in [0.717, 1.165) is 42.6 Å². The van der Waals surface area contributed by atoms with Gasteiger partial charge in [0.25, 0.3) is 0 Å². The Morgan fingerprint density at radius 3 is 2.69 bits per heavy atom. The van der Waals surface area contributed by atoms with Gasteiger partial charge in [-0.15, -0.1) is 0 Å². The van der Waals surface area contributed by atoms with Crippen molar-refractivity contribution in [3.8, 4) is 0 Å². The van der Waals surface area contributed by atoms with Gasteiger partial charge in [-0.25, -0.2) is 0 Å². The maximum atomic E-state index is 8.86. The lowest BCUT2D eigenvalue weighted by atomic mass is 10.1. The van der Waals surface area contributed by atoms with Crippen LogP contribution in [0.1, 0.15) is 5.56 Å². The standard InChI is InChI=1S/C12H16ClNO2/c13-11-9-10(3-6-15)1-2-12(11)14-4-7-16-8-5-14/h1-2,9,15H,3-8H2. The van der Waals surface area contributed by atoms with Gasteiger partial charge < -0.3 is 14.7 Å². The molecular weight excluding hydrogens is 226 g/mol. The second-order valence-electron chi connectivity index (χ2n) is 3.86. The van der Waals surface area contributed by atoms with Gasteiger partial charge in [-0.3, -0.25) is 0 Å².